The van der Waals surface area contributed by atoms with Crippen molar-refractivity contribution in [2.75, 3.05) is 26.2 Å². The highest BCUT2D eigenvalue weighted by molar-refractivity contribution is 5.95. The molecule has 0 radical (unpaired) electrons. The average Bonchev–Trinajstić information content (AvgIpc) is 3.24. The topological polar surface area (TPSA) is 67.2 Å². The zero-order chi connectivity index (χ0) is 19.3. The number of hydrogen-bond acceptors (Lipinski definition) is 5. The predicted molar refractivity (Wildman–Crippen MR) is 107 cm³/mol. The van der Waals surface area contributed by atoms with Gasteiger partial charge in [-0.05, 0) is 35.0 Å². The molecule has 0 bridgehead atoms. The van der Waals surface area contributed by atoms with Gasteiger partial charge in [0, 0.05) is 50.4 Å². The zero-order valence-corrected chi connectivity index (χ0v) is 16.0. The summed E-state index contributed by atoms with van der Waals surface area (Å²) in [5, 5.41) is 11.8. The fourth-order valence-electron chi connectivity index (χ4n) is 3.55. The van der Waals surface area contributed by atoms with E-state index in [-0.39, 0.29) is 5.91 Å². The van der Waals surface area contributed by atoms with Crippen LogP contribution in [0, 0.1) is 0 Å². The maximum absolute atomic E-state index is 13.0. The van der Waals surface area contributed by atoms with Crippen molar-refractivity contribution >= 4 is 5.91 Å². The van der Waals surface area contributed by atoms with Crippen LogP contribution in [0.2, 0.25) is 0 Å². The van der Waals surface area contributed by atoms with Crippen molar-refractivity contribution in [1.29, 1.82) is 0 Å². The molecule has 1 aromatic heterocycles. The lowest BCUT2D eigenvalue weighted by atomic mass is 10.1. The van der Waals surface area contributed by atoms with Crippen LogP contribution in [0.15, 0.2) is 54.6 Å². The molecule has 0 unspecified atom stereocenters. The third-order valence-corrected chi connectivity index (χ3v) is 5.11. The lowest BCUT2D eigenvalue weighted by Crippen LogP contribution is -2.48. The molecule has 2 heterocycles. The highest BCUT2D eigenvalue weighted by Gasteiger charge is 2.22. The molecule has 28 heavy (non-hydrogen) atoms. The molecular formula is C21H24N6O. The first-order valence-electron chi connectivity index (χ1n) is 9.67. The van der Waals surface area contributed by atoms with Gasteiger partial charge in [0.05, 0.1) is 0 Å². The summed E-state index contributed by atoms with van der Waals surface area (Å²) in [6.45, 7) is 6.85. The van der Waals surface area contributed by atoms with E-state index >= 15 is 0 Å². The number of carbonyl (C=O) groups is 1. The molecule has 0 spiro atoms. The summed E-state index contributed by atoms with van der Waals surface area (Å²) in [5.74, 6) is 0.751. The maximum Gasteiger partial charge on any atom is 0.253 e. The van der Waals surface area contributed by atoms with Crippen molar-refractivity contribution in [1.82, 2.24) is 30.0 Å². The highest BCUT2D eigenvalue weighted by atomic mass is 16.2. The van der Waals surface area contributed by atoms with Crippen LogP contribution >= 0.6 is 0 Å². The van der Waals surface area contributed by atoms with Crippen LogP contribution < -0.4 is 0 Å². The summed E-state index contributed by atoms with van der Waals surface area (Å²) in [4.78, 5) is 17.3. The van der Waals surface area contributed by atoms with E-state index in [1.807, 2.05) is 42.2 Å². The molecule has 1 amide bonds. The number of amides is 1. The summed E-state index contributed by atoms with van der Waals surface area (Å²) in [6.07, 6.45) is 0. The van der Waals surface area contributed by atoms with Crippen molar-refractivity contribution < 1.29 is 4.79 Å². The number of hydrogen-bond donors (Lipinski definition) is 0. The van der Waals surface area contributed by atoms with Gasteiger partial charge in [-0.3, -0.25) is 9.69 Å². The number of aromatic nitrogens is 4. The molecule has 1 aliphatic rings. The molecular weight excluding hydrogens is 352 g/mol. The number of nitrogens with zero attached hydrogens (tertiary/aromatic N) is 6. The van der Waals surface area contributed by atoms with E-state index in [0.29, 0.717) is 17.9 Å². The van der Waals surface area contributed by atoms with Gasteiger partial charge in [0.1, 0.15) is 0 Å². The summed E-state index contributed by atoms with van der Waals surface area (Å²) >= 11 is 0. The van der Waals surface area contributed by atoms with Gasteiger partial charge in [0.25, 0.3) is 5.91 Å². The molecule has 0 saturated carbocycles. The molecule has 7 heteroatoms. The Balaban J connectivity index is 1.41. The third kappa shape index (κ3) is 3.94. The molecule has 1 aliphatic heterocycles. The predicted octanol–water partition coefficient (Wildman–Crippen LogP) is 2.32. The largest absolute Gasteiger partial charge is 0.336 e. The van der Waals surface area contributed by atoms with Gasteiger partial charge in [-0.2, -0.15) is 0 Å². The van der Waals surface area contributed by atoms with Crippen LogP contribution in [0.1, 0.15) is 22.8 Å². The second-order valence-corrected chi connectivity index (χ2v) is 6.95. The molecule has 4 rings (SSSR count). The average molecular weight is 376 g/mol. The molecule has 0 atom stereocenters. The van der Waals surface area contributed by atoms with E-state index in [1.165, 1.54) is 5.56 Å². The van der Waals surface area contributed by atoms with E-state index in [0.717, 1.165) is 38.3 Å². The minimum atomic E-state index is 0.0664. The number of aryl methyl sites for hydroxylation is 1. The second-order valence-electron chi connectivity index (χ2n) is 6.95. The fourth-order valence-corrected chi connectivity index (χ4v) is 3.55. The van der Waals surface area contributed by atoms with Gasteiger partial charge in [0.15, 0.2) is 5.82 Å². The summed E-state index contributed by atoms with van der Waals surface area (Å²) in [5.41, 5.74) is 2.85. The van der Waals surface area contributed by atoms with Crippen molar-refractivity contribution in [3.05, 3.63) is 65.7 Å². The van der Waals surface area contributed by atoms with Crippen molar-refractivity contribution in [3.63, 3.8) is 0 Å². The van der Waals surface area contributed by atoms with Crippen molar-refractivity contribution in [2.24, 2.45) is 0 Å². The minimum Gasteiger partial charge on any atom is -0.336 e. The van der Waals surface area contributed by atoms with Crippen LogP contribution in [-0.2, 0) is 13.1 Å². The van der Waals surface area contributed by atoms with Crippen molar-refractivity contribution in [3.8, 4) is 11.4 Å². The van der Waals surface area contributed by atoms with E-state index in [9.17, 15) is 4.79 Å². The smallest absolute Gasteiger partial charge is 0.253 e. The van der Waals surface area contributed by atoms with Crippen LogP contribution in [-0.4, -0.2) is 62.1 Å². The van der Waals surface area contributed by atoms with E-state index in [4.69, 9.17) is 0 Å². The first-order valence-corrected chi connectivity index (χ1v) is 9.67. The van der Waals surface area contributed by atoms with E-state index < -0.39 is 0 Å². The van der Waals surface area contributed by atoms with Gasteiger partial charge in [0.2, 0.25) is 0 Å². The molecule has 1 saturated heterocycles. The number of piperazine rings is 1. The Morgan fingerprint density at radius 1 is 1.00 bits per heavy atom. The number of tetrazole rings is 1. The standard InChI is InChI=1S/C21H24N6O/c1-2-27-20(22-23-24-27)18-9-6-10-19(15-18)21(28)26-13-11-25(12-14-26)16-17-7-4-3-5-8-17/h3-10,15H,2,11-14,16H2,1H3. The Labute approximate surface area is 164 Å². The van der Waals surface area contributed by atoms with Crippen LogP contribution in [0.3, 0.4) is 0 Å². The molecule has 7 nitrogen and oxygen atoms in total. The monoisotopic (exact) mass is 376 g/mol. The Morgan fingerprint density at radius 2 is 1.79 bits per heavy atom. The third-order valence-electron chi connectivity index (χ3n) is 5.11. The summed E-state index contributed by atoms with van der Waals surface area (Å²) in [7, 11) is 0. The molecule has 2 aromatic carbocycles. The molecule has 144 valence electrons. The van der Waals surface area contributed by atoms with Crippen LogP contribution in [0.5, 0.6) is 0 Å². The van der Waals surface area contributed by atoms with Gasteiger partial charge in [-0.25, -0.2) is 4.68 Å². The van der Waals surface area contributed by atoms with E-state index in [1.54, 1.807) is 4.68 Å². The van der Waals surface area contributed by atoms with Crippen LogP contribution in [0.4, 0.5) is 0 Å². The molecule has 3 aromatic rings. The van der Waals surface area contributed by atoms with Crippen LogP contribution in [0.25, 0.3) is 11.4 Å². The molecule has 1 fully saturated rings. The van der Waals surface area contributed by atoms with Crippen molar-refractivity contribution in [2.45, 2.75) is 20.0 Å². The summed E-state index contributed by atoms with van der Waals surface area (Å²) < 4.78 is 1.73. The Bertz CT molecular complexity index is 931. The minimum absolute atomic E-state index is 0.0664. The first kappa shape index (κ1) is 18.3. The number of rotatable bonds is 5. The van der Waals surface area contributed by atoms with Gasteiger partial charge in [-0.1, -0.05) is 42.5 Å². The SMILES string of the molecule is CCn1nnnc1-c1cccc(C(=O)N2CCN(Cc3ccccc3)CC2)c1. The lowest BCUT2D eigenvalue weighted by Gasteiger charge is -2.34. The highest BCUT2D eigenvalue weighted by Crippen LogP contribution is 2.19. The Morgan fingerprint density at radius 3 is 2.54 bits per heavy atom. The quantitative estimate of drug-likeness (QED) is 0.684. The molecule has 0 N–H and O–H groups in total. The second kappa shape index (κ2) is 8.31. The zero-order valence-electron chi connectivity index (χ0n) is 16.0. The fraction of sp³-hybridized carbons (Fsp3) is 0.333. The summed E-state index contributed by atoms with van der Waals surface area (Å²) in [6, 6.07) is 18.0. The lowest BCUT2D eigenvalue weighted by molar-refractivity contribution is 0.0628. The van der Waals surface area contributed by atoms with Gasteiger partial charge in [-0.15, -0.1) is 5.10 Å². The van der Waals surface area contributed by atoms with Gasteiger partial charge < -0.3 is 4.90 Å². The maximum atomic E-state index is 13.0. The number of carbonyl (C=O) groups excluding carboxylic acids is 1. The van der Waals surface area contributed by atoms with E-state index in [2.05, 4.69) is 44.7 Å². The van der Waals surface area contributed by atoms with Gasteiger partial charge >= 0.3 is 0 Å². The Kier molecular flexibility index (Phi) is 5.43. The normalized spacial score (nSPS) is 15.0. The Hall–Kier alpha value is -3.06. The number of benzene rings is 2. The molecule has 0 aliphatic carbocycles. The first-order chi connectivity index (χ1) is 13.7.